The van der Waals surface area contributed by atoms with Gasteiger partial charge in [0.2, 0.25) is 0 Å². The Bertz CT molecular complexity index is 1260. The molecule has 0 aliphatic carbocycles. The Morgan fingerprint density at radius 1 is 0.800 bits per heavy atom. The molecule has 0 fully saturated rings. The Morgan fingerprint density at radius 3 is 2.48 bits per heavy atom. The summed E-state index contributed by atoms with van der Waals surface area (Å²) in [5.74, 6) is 0.867. The van der Waals surface area contributed by atoms with Gasteiger partial charge < -0.3 is 0 Å². The minimum atomic E-state index is 0.867. The largest absolute Gasteiger partial charge is 0.274 e. The normalized spacial score (nSPS) is 11.6. The Balaban J connectivity index is 2.05. The van der Waals surface area contributed by atoms with Gasteiger partial charge in [-0.1, -0.05) is 64.0 Å². The average molecular weight is 388 g/mol. The third-order valence-corrected chi connectivity index (χ3v) is 5.09. The van der Waals surface area contributed by atoms with Crippen molar-refractivity contribution in [1.29, 1.82) is 0 Å². The van der Waals surface area contributed by atoms with E-state index in [2.05, 4.69) is 86.0 Å². The van der Waals surface area contributed by atoms with E-state index in [-0.39, 0.29) is 0 Å². The fourth-order valence-electron chi connectivity index (χ4n) is 3.46. The molecule has 120 valence electrons. The van der Waals surface area contributed by atoms with Crippen molar-refractivity contribution in [2.45, 2.75) is 6.92 Å². The van der Waals surface area contributed by atoms with Crippen molar-refractivity contribution < 1.29 is 0 Å². The van der Waals surface area contributed by atoms with Gasteiger partial charge in [0, 0.05) is 20.8 Å². The second-order valence-electron chi connectivity index (χ2n) is 6.26. The lowest BCUT2D eigenvalue weighted by molar-refractivity contribution is 1.12. The molecular formula is C21H14BrN3. The number of benzene rings is 3. The Hall–Kier alpha value is -2.72. The fourth-order valence-corrected chi connectivity index (χ4v) is 3.82. The van der Waals surface area contributed by atoms with Gasteiger partial charge in [-0.2, -0.15) is 0 Å². The van der Waals surface area contributed by atoms with Crippen LogP contribution in [0.2, 0.25) is 0 Å². The average Bonchev–Trinajstić information content (AvgIpc) is 3.08. The fraction of sp³-hybridized carbons (Fsp3) is 0.0476. The zero-order valence-electron chi connectivity index (χ0n) is 13.6. The SMILES string of the molecule is Cc1ccc2c3cc(Br)ccc3n3c(-c4ccccc4)nnc3c2c1. The molecule has 0 spiro atoms. The highest BCUT2D eigenvalue weighted by atomic mass is 79.9. The number of halogens is 1. The summed E-state index contributed by atoms with van der Waals surface area (Å²) in [6.45, 7) is 2.11. The van der Waals surface area contributed by atoms with Crippen LogP contribution in [0.1, 0.15) is 5.56 Å². The number of hydrogen-bond acceptors (Lipinski definition) is 2. The summed E-state index contributed by atoms with van der Waals surface area (Å²) in [5.41, 5.74) is 4.28. The number of aromatic nitrogens is 3. The number of aryl methyl sites for hydroxylation is 1. The molecule has 0 unspecified atom stereocenters. The van der Waals surface area contributed by atoms with Crippen LogP contribution in [0.25, 0.3) is 38.7 Å². The Kier molecular flexibility index (Phi) is 3.15. The van der Waals surface area contributed by atoms with E-state index in [4.69, 9.17) is 0 Å². The van der Waals surface area contributed by atoms with Gasteiger partial charge in [-0.15, -0.1) is 10.2 Å². The van der Waals surface area contributed by atoms with Gasteiger partial charge in [-0.3, -0.25) is 4.40 Å². The minimum absolute atomic E-state index is 0.867. The van der Waals surface area contributed by atoms with Gasteiger partial charge in [-0.05, 0) is 36.6 Å². The van der Waals surface area contributed by atoms with Crippen molar-refractivity contribution in [3.05, 3.63) is 76.8 Å². The molecule has 5 aromatic rings. The predicted molar refractivity (Wildman–Crippen MR) is 106 cm³/mol. The molecule has 5 rings (SSSR count). The quantitative estimate of drug-likeness (QED) is 0.341. The van der Waals surface area contributed by atoms with E-state index in [0.717, 1.165) is 32.4 Å². The lowest BCUT2D eigenvalue weighted by Gasteiger charge is -2.10. The molecule has 0 saturated heterocycles. The van der Waals surface area contributed by atoms with Crippen molar-refractivity contribution in [2.75, 3.05) is 0 Å². The zero-order chi connectivity index (χ0) is 17.0. The van der Waals surface area contributed by atoms with Gasteiger partial charge in [0.25, 0.3) is 0 Å². The van der Waals surface area contributed by atoms with E-state index in [1.807, 2.05) is 18.2 Å². The molecule has 25 heavy (non-hydrogen) atoms. The topological polar surface area (TPSA) is 30.2 Å². The number of fused-ring (bicyclic) bond motifs is 6. The summed E-state index contributed by atoms with van der Waals surface area (Å²) in [7, 11) is 0. The van der Waals surface area contributed by atoms with Gasteiger partial charge in [-0.25, -0.2) is 0 Å². The summed E-state index contributed by atoms with van der Waals surface area (Å²) >= 11 is 3.61. The minimum Gasteiger partial charge on any atom is -0.274 e. The van der Waals surface area contributed by atoms with E-state index in [1.165, 1.54) is 16.3 Å². The highest BCUT2D eigenvalue weighted by Gasteiger charge is 2.15. The molecule has 0 saturated carbocycles. The van der Waals surface area contributed by atoms with E-state index >= 15 is 0 Å². The molecule has 4 heteroatoms. The van der Waals surface area contributed by atoms with Crippen LogP contribution < -0.4 is 0 Å². The molecule has 0 atom stereocenters. The second-order valence-corrected chi connectivity index (χ2v) is 7.17. The molecule has 0 amide bonds. The second kappa shape index (κ2) is 5.39. The van der Waals surface area contributed by atoms with Crippen molar-refractivity contribution in [3.63, 3.8) is 0 Å². The first-order chi connectivity index (χ1) is 12.2. The van der Waals surface area contributed by atoms with Crippen LogP contribution in [0.5, 0.6) is 0 Å². The van der Waals surface area contributed by atoms with Gasteiger partial charge >= 0.3 is 0 Å². The number of pyridine rings is 1. The summed E-state index contributed by atoms with van der Waals surface area (Å²) in [5, 5.41) is 12.6. The highest BCUT2D eigenvalue weighted by Crippen LogP contribution is 2.33. The molecule has 0 aliphatic rings. The highest BCUT2D eigenvalue weighted by molar-refractivity contribution is 9.10. The Morgan fingerprint density at radius 2 is 1.64 bits per heavy atom. The maximum atomic E-state index is 4.54. The van der Waals surface area contributed by atoms with Crippen molar-refractivity contribution in [2.24, 2.45) is 0 Å². The zero-order valence-corrected chi connectivity index (χ0v) is 15.2. The van der Waals surface area contributed by atoms with Crippen LogP contribution >= 0.6 is 15.9 Å². The van der Waals surface area contributed by atoms with E-state index in [0.29, 0.717) is 0 Å². The third kappa shape index (κ3) is 2.18. The molecule has 3 nitrogen and oxygen atoms in total. The molecule has 0 bridgehead atoms. The number of rotatable bonds is 1. The molecule has 0 N–H and O–H groups in total. The van der Waals surface area contributed by atoms with E-state index < -0.39 is 0 Å². The van der Waals surface area contributed by atoms with Crippen LogP contribution in [0.15, 0.2) is 71.2 Å². The summed E-state index contributed by atoms with van der Waals surface area (Å²) in [6, 6.07) is 23.1. The molecule has 0 radical (unpaired) electrons. The van der Waals surface area contributed by atoms with Crippen molar-refractivity contribution in [3.8, 4) is 11.4 Å². The first-order valence-electron chi connectivity index (χ1n) is 8.14. The summed E-state index contributed by atoms with van der Waals surface area (Å²) in [6.07, 6.45) is 0. The van der Waals surface area contributed by atoms with Crippen molar-refractivity contribution in [1.82, 2.24) is 14.6 Å². The lowest BCUT2D eigenvalue weighted by atomic mass is 10.0. The lowest BCUT2D eigenvalue weighted by Crippen LogP contribution is -1.94. The molecule has 0 aliphatic heterocycles. The van der Waals surface area contributed by atoms with Crippen LogP contribution in [-0.4, -0.2) is 14.6 Å². The molecule has 2 aromatic heterocycles. The summed E-state index contributed by atoms with van der Waals surface area (Å²) < 4.78 is 3.23. The predicted octanol–water partition coefficient (Wildman–Crippen LogP) is 5.77. The monoisotopic (exact) mass is 387 g/mol. The van der Waals surface area contributed by atoms with Crippen LogP contribution in [0, 0.1) is 6.92 Å². The van der Waals surface area contributed by atoms with Crippen LogP contribution in [0.4, 0.5) is 0 Å². The first-order valence-corrected chi connectivity index (χ1v) is 8.94. The standard InChI is InChI=1S/C21H14BrN3/c1-13-7-9-16-17-12-15(22)8-10-19(17)25-20(14-5-3-2-4-6-14)23-24-21(25)18(16)11-13/h2-12H,1H3. The van der Waals surface area contributed by atoms with Crippen LogP contribution in [0.3, 0.4) is 0 Å². The smallest absolute Gasteiger partial charge is 0.169 e. The molecule has 2 heterocycles. The Labute approximate surface area is 153 Å². The number of nitrogens with zero attached hydrogens (tertiary/aromatic N) is 3. The van der Waals surface area contributed by atoms with E-state index in [1.54, 1.807) is 0 Å². The van der Waals surface area contributed by atoms with Gasteiger partial charge in [0.05, 0.1) is 5.52 Å². The third-order valence-electron chi connectivity index (χ3n) is 4.60. The van der Waals surface area contributed by atoms with Crippen molar-refractivity contribution >= 4 is 43.3 Å². The summed E-state index contributed by atoms with van der Waals surface area (Å²) in [4.78, 5) is 0. The van der Waals surface area contributed by atoms with E-state index in [9.17, 15) is 0 Å². The van der Waals surface area contributed by atoms with Gasteiger partial charge in [0.15, 0.2) is 11.5 Å². The maximum Gasteiger partial charge on any atom is 0.169 e. The number of hydrogen-bond donors (Lipinski definition) is 0. The maximum absolute atomic E-state index is 4.54. The van der Waals surface area contributed by atoms with Crippen LogP contribution in [-0.2, 0) is 0 Å². The molecule has 3 aromatic carbocycles. The van der Waals surface area contributed by atoms with Gasteiger partial charge in [0.1, 0.15) is 0 Å². The molecular weight excluding hydrogens is 374 g/mol. The first kappa shape index (κ1) is 14.6.